The largest absolute Gasteiger partial charge is 0.508 e. The topological polar surface area (TPSA) is 96.9 Å². The number of phenolic OH excluding ortho intramolecular Hbond substituents is 1. The van der Waals surface area contributed by atoms with Crippen molar-refractivity contribution in [2.45, 2.75) is 44.9 Å². The summed E-state index contributed by atoms with van der Waals surface area (Å²) >= 11 is 0. The zero-order valence-electron chi connectivity index (χ0n) is 13.5. The van der Waals surface area contributed by atoms with E-state index in [1.54, 1.807) is 39.0 Å². The van der Waals surface area contributed by atoms with Gasteiger partial charge in [0.1, 0.15) is 17.5 Å². The second-order valence-corrected chi connectivity index (χ2v) is 6.45. The van der Waals surface area contributed by atoms with Crippen LogP contribution in [0.4, 0.5) is 9.59 Å². The van der Waals surface area contributed by atoms with Gasteiger partial charge in [0.25, 0.3) is 0 Å². The highest BCUT2D eigenvalue weighted by Gasteiger charge is 2.33. The molecule has 2 atom stereocenters. The smallest absolute Gasteiger partial charge is 0.408 e. The number of cyclic esters (lactones) is 1. The molecule has 1 aromatic carbocycles. The summed E-state index contributed by atoms with van der Waals surface area (Å²) in [4.78, 5) is 23.3. The maximum Gasteiger partial charge on any atom is 0.408 e. The van der Waals surface area contributed by atoms with E-state index in [-0.39, 0.29) is 5.75 Å². The molecule has 0 spiro atoms. The lowest BCUT2D eigenvalue weighted by Gasteiger charge is -2.26. The van der Waals surface area contributed by atoms with E-state index >= 15 is 0 Å². The number of hydrogen-bond acceptors (Lipinski definition) is 5. The molecule has 0 radical (unpaired) electrons. The van der Waals surface area contributed by atoms with Gasteiger partial charge in [-0.3, -0.25) is 0 Å². The molecule has 0 aliphatic carbocycles. The molecule has 1 aromatic rings. The van der Waals surface area contributed by atoms with E-state index in [0.29, 0.717) is 13.0 Å². The Labute approximate surface area is 135 Å². The number of rotatable bonds is 4. The molecule has 3 N–H and O–H groups in total. The van der Waals surface area contributed by atoms with Crippen molar-refractivity contribution in [3.05, 3.63) is 29.8 Å². The van der Waals surface area contributed by atoms with E-state index in [4.69, 9.17) is 9.47 Å². The number of ether oxygens (including phenoxy) is 2. The summed E-state index contributed by atoms with van der Waals surface area (Å²) in [5.41, 5.74) is 0.193. The van der Waals surface area contributed by atoms with E-state index < -0.39 is 29.9 Å². The van der Waals surface area contributed by atoms with Gasteiger partial charge in [-0.05, 0) is 44.9 Å². The predicted molar refractivity (Wildman–Crippen MR) is 83.2 cm³/mol. The molecule has 1 heterocycles. The lowest BCUT2D eigenvalue weighted by molar-refractivity contribution is 0.0436. The van der Waals surface area contributed by atoms with E-state index in [1.165, 1.54) is 0 Å². The number of carbonyl (C=O) groups is 2. The Morgan fingerprint density at radius 3 is 2.83 bits per heavy atom. The van der Waals surface area contributed by atoms with Gasteiger partial charge in [-0.25, -0.2) is 9.59 Å². The summed E-state index contributed by atoms with van der Waals surface area (Å²) in [5, 5.41) is 14.9. The van der Waals surface area contributed by atoms with Crippen LogP contribution in [-0.4, -0.2) is 41.6 Å². The predicted octanol–water partition coefficient (Wildman–Crippen LogP) is 1.94. The van der Waals surface area contributed by atoms with Crippen molar-refractivity contribution in [2.75, 3.05) is 6.54 Å². The van der Waals surface area contributed by atoms with Gasteiger partial charge in [-0.2, -0.15) is 0 Å². The van der Waals surface area contributed by atoms with Crippen molar-refractivity contribution in [3.8, 4) is 5.75 Å². The standard InChI is InChI=1S/C16H22N2O5/c1-16(2,3)23-15(21)18-12(13-9-17-14(20)22-13)8-10-5-4-6-11(19)7-10/h4-7,12-13,19H,8-9H2,1-3H3,(H,17,20)(H,18,21). The maximum atomic E-state index is 12.0. The number of alkyl carbamates (subject to hydrolysis) is 2. The first-order valence-electron chi connectivity index (χ1n) is 7.45. The maximum absolute atomic E-state index is 12.0. The summed E-state index contributed by atoms with van der Waals surface area (Å²) in [6, 6.07) is 6.25. The molecule has 0 bridgehead atoms. The Balaban J connectivity index is 2.08. The molecule has 2 amide bonds. The average Bonchev–Trinajstić information content (AvgIpc) is 2.82. The van der Waals surface area contributed by atoms with Crippen molar-refractivity contribution in [2.24, 2.45) is 0 Å². The zero-order chi connectivity index (χ0) is 17.0. The van der Waals surface area contributed by atoms with Crippen LogP contribution in [0.25, 0.3) is 0 Å². The third-order valence-electron chi connectivity index (χ3n) is 3.22. The van der Waals surface area contributed by atoms with Crippen LogP contribution in [0.2, 0.25) is 0 Å². The van der Waals surface area contributed by atoms with Gasteiger partial charge in [0, 0.05) is 0 Å². The number of benzene rings is 1. The first-order chi connectivity index (χ1) is 10.7. The van der Waals surface area contributed by atoms with Gasteiger partial charge in [0.05, 0.1) is 12.6 Å². The van der Waals surface area contributed by atoms with E-state index in [1.807, 2.05) is 6.07 Å². The summed E-state index contributed by atoms with van der Waals surface area (Å²) in [5.74, 6) is 0.139. The lowest BCUT2D eigenvalue weighted by atomic mass is 10.0. The van der Waals surface area contributed by atoms with Crippen LogP contribution in [-0.2, 0) is 15.9 Å². The second kappa shape index (κ2) is 6.76. The lowest BCUT2D eigenvalue weighted by Crippen LogP contribution is -2.48. The third-order valence-corrected chi connectivity index (χ3v) is 3.22. The van der Waals surface area contributed by atoms with E-state index in [9.17, 15) is 14.7 Å². The summed E-state index contributed by atoms with van der Waals surface area (Å²) in [6.07, 6.45) is -1.20. The molecule has 126 valence electrons. The second-order valence-electron chi connectivity index (χ2n) is 6.45. The molecule has 1 aliphatic rings. The van der Waals surface area contributed by atoms with Gasteiger partial charge < -0.3 is 25.2 Å². The van der Waals surface area contributed by atoms with Crippen LogP contribution in [0.1, 0.15) is 26.3 Å². The van der Waals surface area contributed by atoms with Crippen molar-refractivity contribution < 1.29 is 24.2 Å². The number of amides is 2. The number of carbonyl (C=O) groups excluding carboxylic acids is 2. The Morgan fingerprint density at radius 2 is 2.26 bits per heavy atom. The van der Waals surface area contributed by atoms with Crippen LogP contribution in [0, 0.1) is 0 Å². The van der Waals surface area contributed by atoms with Crippen LogP contribution in [0.5, 0.6) is 5.75 Å². The highest BCUT2D eigenvalue weighted by Crippen LogP contribution is 2.17. The van der Waals surface area contributed by atoms with Gasteiger partial charge in [-0.1, -0.05) is 12.1 Å². The van der Waals surface area contributed by atoms with Crippen molar-refractivity contribution >= 4 is 12.2 Å². The molecule has 2 rings (SSSR count). The zero-order valence-corrected chi connectivity index (χ0v) is 13.5. The van der Waals surface area contributed by atoms with Crippen molar-refractivity contribution in [3.63, 3.8) is 0 Å². The van der Waals surface area contributed by atoms with Gasteiger partial charge in [0.2, 0.25) is 0 Å². The fraction of sp³-hybridized carbons (Fsp3) is 0.500. The van der Waals surface area contributed by atoms with Crippen LogP contribution < -0.4 is 10.6 Å². The first kappa shape index (κ1) is 16.9. The van der Waals surface area contributed by atoms with Crippen LogP contribution in [0.15, 0.2) is 24.3 Å². The van der Waals surface area contributed by atoms with Crippen LogP contribution in [0.3, 0.4) is 0 Å². The molecule has 0 aromatic heterocycles. The quantitative estimate of drug-likeness (QED) is 0.787. The highest BCUT2D eigenvalue weighted by molar-refractivity contribution is 5.71. The summed E-state index contributed by atoms with van der Waals surface area (Å²) < 4.78 is 10.4. The third kappa shape index (κ3) is 5.36. The fourth-order valence-electron chi connectivity index (χ4n) is 2.30. The number of nitrogens with one attached hydrogen (secondary N) is 2. The fourth-order valence-corrected chi connectivity index (χ4v) is 2.30. The number of phenols is 1. The summed E-state index contributed by atoms with van der Waals surface area (Å²) in [6.45, 7) is 5.62. The minimum absolute atomic E-state index is 0.139. The number of hydrogen-bond donors (Lipinski definition) is 3. The molecular weight excluding hydrogens is 300 g/mol. The Hall–Kier alpha value is -2.44. The molecule has 7 nitrogen and oxygen atoms in total. The minimum Gasteiger partial charge on any atom is -0.508 e. The Morgan fingerprint density at radius 1 is 1.52 bits per heavy atom. The average molecular weight is 322 g/mol. The van der Waals surface area contributed by atoms with Gasteiger partial charge >= 0.3 is 12.2 Å². The Bertz CT molecular complexity index is 582. The summed E-state index contributed by atoms with van der Waals surface area (Å²) in [7, 11) is 0. The van der Waals surface area contributed by atoms with E-state index in [2.05, 4.69) is 10.6 Å². The van der Waals surface area contributed by atoms with Crippen molar-refractivity contribution in [1.82, 2.24) is 10.6 Å². The van der Waals surface area contributed by atoms with Gasteiger partial charge in [0.15, 0.2) is 0 Å². The molecule has 7 heteroatoms. The SMILES string of the molecule is CC(C)(C)OC(=O)NC(Cc1cccc(O)c1)C1CNC(=O)O1. The monoisotopic (exact) mass is 322 g/mol. The van der Waals surface area contributed by atoms with Crippen LogP contribution >= 0.6 is 0 Å². The number of aromatic hydroxyl groups is 1. The molecule has 1 saturated heterocycles. The van der Waals surface area contributed by atoms with E-state index in [0.717, 1.165) is 5.56 Å². The molecule has 0 saturated carbocycles. The Kier molecular flexibility index (Phi) is 4.98. The van der Waals surface area contributed by atoms with Gasteiger partial charge in [-0.15, -0.1) is 0 Å². The van der Waals surface area contributed by atoms with Crippen molar-refractivity contribution in [1.29, 1.82) is 0 Å². The molecule has 23 heavy (non-hydrogen) atoms. The molecule has 2 unspecified atom stereocenters. The minimum atomic E-state index is -0.621. The molecule has 1 fully saturated rings. The molecular formula is C16H22N2O5. The highest BCUT2D eigenvalue weighted by atomic mass is 16.6. The molecule has 1 aliphatic heterocycles. The normalized spacial score (nSPS) is 18.7. The first-order valence-corrected chi connectivity index (χ1v) is 7.45.